The highest BCUT2D eigenvalue weighted by atomic mass is 16.2. The number of hydrogen-bond acceptors (Lipinski definition) is 3. The van der Waals surface area contributed by atoms with Crippen LogP contribution >= 0.6 is 0 Å². The first kappa shape index (κ1) is 16.5. The maximum absolute atomic E-state index is 12.4. The van der Waals surface area contributed by atoms with Gasteiger partial charge in [0.05, 0.1) is 17.4 Å². The van der Waals surface area contributed by atoms with Crippen molar-refractivity contribution in [2.75, 3.05) is 7.05 Å². The van der Waals surface area contributed by atoms with Crippen molar-refractivity contribution in [2.24, 2.45) is 5.92 Å². The molecule has 24 heavy (non-hydrogen) atoms. The van der Waals surface area contributed by atoms with Crippen LogP contribution in [0.1, 0.15) is 38.4 Å². The molecule has 0 saturated heterocycles. The summed E-state index contributed by atoms with van der Waals surface area (Å²) in [5, 5.41) is 3.67. The molecular formula is C18H24N4O2. The van der Waals surface area contributed by atoms with E-state index in [9.17, 15) is 9.59 Å². The van der Waals surface area contributed by atoms with Crippen LogP contribution in [-0.2, 0) is 6.54 Å². The number of aromatic amines is 1. The smallest absolute Gasteiger partial charge is 0.317 e. The van der Waals surface area contributed by atoms with E-state index in [-0.39, 0.29) is 24.2 Å². The van der Waals surface area contributed by atoms with Crippen molar-refractivity contribution >= 4 is 16.9 Å². The summed E-state index contributed by atoms with van der Waals surface area (Å²) in [5.74, 6) is 1.00. The number of para-hydroxylation sites is 1. The number of aromatic nitrogens is 2. The highest BCUT2D eigenvalue weighted by Gasteiger charge is 2.24. The van der Waals surface area contributed by atoms with Crippen molar-refractivity contribution in [2.45, 2.75) is 45.2 Å². The van der Waals surface area contributed by atoms with Gasteiger partial charge in [-0.05, 0) is 30.9 Å². The number of carbonyl (C=O) groups is 1. The summed E-state index contributed by atoms with van der Waals surface area (Å²) in [4.78, 5) is 33.3. The number of nitrogens with zero attached hydrogens (tertiary/aromatic N) is 2. The molecule has 128 valence electrons. The fourth-order valence-corrected chi connectivity index (χ4v) is 3.31. The van der Waals surface area contributed by atoms with Crippen LogP contribution in [0.4, 0.5) is 4.79 Å². The molecule has 1 aliphatic rings. The van der Waals surface area contributed by atoms with Gasteiger partial charge in [-0.15, -0.1) is 0 Å². The Bertz CT molecular complexity index is 786. The van der Waals surface area contributed by atoms with Crippen LogP contribution in [0.15, 0.2) is 29.1 Å². The van der Waals surface area contributed by atoms with Gasteiger partial charge in [0.2, 0.25) is 0 Å². The van der Waals surface area contributed by atoms with Crippen molar-refractivity contribution in [3.8, 4) is 0 Å². The van der Waals surface area contributed by atoms with E-state index in [0.717, 1.165) is 12.8 Å². The average molecular weight is 328 g/mol. The third-order valence-corrected chi connectivity index (χ3v) is 4.82. The fourth-order valence-electron chi connectivity index (χ4n) is 3.31. The molecule has 2 amide bonds. The van der Waals surface area contributed by atoms with Crippen molar-refractivity contribution in [3.05, 3.63) is 40.4 Å². The van der Waals surface area contributed by atoms with Gasteiger partial charge >= 0.3 is 6.03 Å². The number of benzene rings is 1. The topological polar surface area (TPSA) is 78.1 Å². The molecule has 1 heterocycles. The largest absolute Gasteiger partial charge is 0.335 e. The standard InChI is InChI=1S/C18H24N4O2/c1-12-7-3-5-9-14(12)20-18(24)22(2)11-16-19-15-10-6-4-8-13(15)17(23)21-16/h4,6,8,10,12,14H,3,5,7,9,11H2,1-2H3,(H,20,24)(H,19,21,23). The Morgan fingerprint density at radius 3 is 2.88 bits per heavy atom. The molecule has 1 aromatic heterocycles. The van der Waals surface area contributed by atoms with Gasteiger partial charge in [-0.1, -0.05) is 31.9 Å². The van der Waals surface area contributed by atoms with Crippen LogP contribution in [0.3, 0.4) is 0 Å². The van der Waals surface area contributed by atoms with Crippen LogP contribution in [0.2, 0.25) is 0 Å². The number of rotatable bonds is 3. The lowest BCUT2D eigenvalue weighted by molar-refractivity contribution is 0.189. The van der Waals surface area contributed by atoms with Gasteiger partial charge in [0.25, 0.3) is 5.56 Å². The summed E-state index contributed by atoms with van der Waals surface area (Å²) in [7, 11) is 1.72. The number of amides is 2. The first-order valence-electron chi connectivity index (χ1n) is 8.54. The number of carbonyl (C=O) groups excluding carboxylic acids is 1. The highest BCUT2D eigenvalue weighted by Crippen LogP contribution is 2.23. The second kappa shape index (κ2) is 7.03. The molecule has 0 bridgehead atoms. The van der Waals surface area contributed by atoms with Gasteiger partial charge < -0.3 is 15.2 Å². The van der Waals surface area contributed by atoms with Gasteiger partial charge in [0.15, 0.2) is 0 Å². The molecule has 3 rings (SSSR count). The normalized spacial score (nSPS) is 20.8. The van der Waals surface area contributed by atoms with Crippen LogP contribution in [-0.4, -0.2) is 34.0 Å². The van der Waals surface area contributed by atoms with E-state index >= 15 is 0 Å². The minimum Gasteiger partial charge on any atom is -0.335 e. The van der Waals surface area contributed by atoms with Crippen molar-refractivity contribution in [3.63, 3.8) is 0 Å². The fraction of sp³-hybridized carbons (Fsp3) is 0.500. The Labute approximate surface area is 141 Å². The molecule has 1 aromatic carbocycles. The maximum atomic E-state index is 12.4. The molecule has 2 unspecified atom stereocenters. The molecule has 0 aliphatic heterocycles. The third kappa shape index (κ3) is 3.58. The molecule has 2 N–H and O–H groups in total. The van der Waals surface area contributed by atoms with Gasteiger partial charge in [0, 0.05) is 13.1 Å². The summed E-state index contributed by atoms with van der Waals surface area (Å²) in [5.41, 5.74) is 0.469. The quantitative estimate of drug-likeness (QED) is 0.909. The first-order valence-corrected chi connectivity index (χ1v) is 8.54. The first-order chi connectivity index (χ1) is 11.5. The molecule has 2 aromatic rings. The predicted octanol–water partition coefficient (Wildman–Crippen LogP) is 2.64. The molecule has 0 spiro atoms. The van der Waals surface area contributed by atoms with Gasteiger partial charge in [-0.3, -0.25) is 4.79 Å². The predicted molar refractivity (Wildman–Crippen MR) is 93.8 cm³/mol. The zero-order chi connectivity index (χ0) is 17.1. The summed E-state index contributed by atoms with van der Waals surface area (Å²) < 4.78 is 0. The van der Waals surface area contributed by atoms with Gasteiger partial charge in [-0.25, -0.2) is 9.78 Å². The van der Waals surface area contributed by atoms with E-state index in [4.69, 9.17) is 0 Å². The Kier molecular flexibility index (Phi) is 4.83. The minimum atomic E-state index is -0.176. The number of H-pyrrole nitrogens is 1. The van der Waals surface area contributed by atoms with E-state index < -0.39 is 0 Å². The molecule has 1 saturated carbocycles. The number of hydrogen-bond donors (Lipinski definition) is 2. The minimum absolute atomic E-state index is 0.121. The van der Waals surface area contributed by atoms with Crippen LogP contribution in [0, 0.1) is 5.92 Å². The maximum Gasteiger partial charge on any atom is 0.317 e. The lowest BCUT2D eigenvalue weighted by atomic mass is 9.86. The summed E-state index contributed by atoms with van der Waals surface area (Å²) in [6.45, 7) is 2.46. The SMILES string of the molecule is CC1CCCCC1NC(=O)N(C)Cc1nc2ccccc2c(=O)[nH]1. The Hall–Kier alpha value is -2.37. The Balaban J connectivity index is 1.68. The Morgan fingerprint density at radius 1 is 1.33 bits per heavy atom. The van der Waals surface area contributed by atoms with Crippen molar-refractivity contribution < 1.29 is 4.79 Å². The molecule has 6 nitrogen and oxygen atoms in total. The van der Waals surface area contributed by atoms with E-state index in [1.807, 2.05) is 12.1 Å². The van der Waals surface area contributed by atoms with E-state index in [0.29, 0.717) is 22.6 Å². The van der Waals surface area contributed by atoms with Crippen LogP contribution in [0.25, 0.3) is 10.9 Å². The zero-order valence-electron chi connectivity index (χ0n) is 14.2. The average Bonchev–Trinajstić information content (AvgIpc) is 2.57. The van der Waals surface area contributed by atoms with Gasteiger partial charge in [0.1, 0.15) is 5.82 Å². The number of fused-ring (bicyclic) bond motifs is 1. The lowest BCUT2D eigenvalue weighted by Gasteiger charge is -2.31. The number of nitrogens with one attached hydrogen (secondary N) is 2. The summed E-state index contributed by atoms with van der Waals surface area (Å²) in [6.07, 6.45) is 4.60. The highest BCUT2D eigenvalue weighted by molar-refractivity contribution is 5.77. The van der Waals surface area contributed by atoms with Crippen LogP contribution < -0.4 is 10.9 Å². The summed E-state index contributed by atoms with van der Waals surface area (Å²) >= 11 is 0. The number of urea groups is 1. The molecular weight excluding hydrogens is 304 g/mol. The monoisotopic (exact) mass is 328 g/mol. The van der Waals surface area contributed by atoms with Crippen LogP contribution in [0.5, 0.6) is 0 Å². The third-order valence-electron chi connectivity index (χ3n) is 4.82. The van der Waals surface area contributed by atoms with E-state index in [2.05, 4.69) is 22.2 Å². The molecule has 1 fully saturated rings. The second-order valence-electron chi connectivity index (χ2n) is 6.70. The van der Waals surface area contributed by atoms with Crippen molar-refractivity contribution in [1.29, 1.82) is 0 Å². The molecule has 2 atom stereocenters. The zero-order valence-corrected chi connectivity index (χ0v) is 14.2. The molecule has 6 heteroatoms. The van der Waals surface area contributed by atoms with E-state index in [1.165, 1.54) is 12.8 Å². The molecule has 1 aliphatic carbocycles. The van der Waals surface area contributed by atoms with Crippen molar-refractivity contribution in [1.82, 2.24) is 20.2 Å². The molecule has 0 radical (unpaired) electrons. The Morgan fingerprint density at radius 2 is 2.08 bits per heavy atom. The second-order valence-corrected chi connectivity index (χ2v) is 6.70. The van der Waals surface area contributed by atoms with Gasteiger partial charge in [-0.2, -0.15) is 0 Å². The summed E-state index contributed by atoms with van der Waals surface area (Å²) in [6, 6.07) is 7.31. The lowest BCUT2D eigenvalue weighted by Crippen LogP contribution is -2.46. The van der Waals surface area contributed by atoms with E-state index in [1.54, 1.807) is 24.1 Å².